The van der Waals surface area contributed by atoms with Gasteiger partial charge in [0.2, 0.25) is 5.91 Å². The van der Waals surface area contributed by atoms with Crippen molar-refractivity contribution in [1.29, 1.82) is 0 Å². The molecule has 0 fully saturated rings. The summed E-state index contributed by atoms with van der Waals surface area (Å²) >= 11 is 1.35. The molecule has 0 bridgehead atoms. The van der Waals surface area contributed by atoms with Crippen molar-refractivity contribution in [3.05, 3.63) is 166 Å². The smallest absolute Gasteiger partial charge is 0.276 e. The fraction of sp³-hybridized carbons (Fsp3) is 0.125. The van der Waals surface area contributed by atoms with E-state index >= 15 is 0 Å². The van der Waals surface area contributed by atoms with Gasteiger partial charge in [0.15, 0.2) is 0 Å². The number of hydrogen-bond acceptors (Lipinski definition) is 7. The Morgan fingerprint density at radius 2 is 1.39 bits per heavy atom. The highest BCUT2D eigenvalue weighted by Gasteiger charge is 2.23. The van der Waals surface area contributed by atoms with Crippen molar-refractivity contribution >= 4 is 52.6 Å². The molecule has 3 amide bonds. The molecular formula is C40H36N4O6S. The second-order valence-corrected chi connectivity index (χ2v) is 12.5. The van der Waals surface area contributed by atoms with Gasteiger partial charge in [-0.15, -0.1) is 11.8 Å². The van der Waals surface area contributed by atoms with Crippen molar-refractivity contribution in [2.24, 2.45) is 0 Å². The molecule has 10 nitrogen and oxygen atoms in total. The van der Waals surface area contributed by atoms with Crippen LogP contribution in [0.4, 0.5) is 17.1 Å². The number of anilines is 2. The minimum atomic E-state index is -0.679. The quantitative estimate of drug-likeness (QED) is 0.0327. The van der Waals surface area contributed by atoms with Crippen LogP contribution >= 0.6 is 11.8 Å². The minimum absolute atomic E-state index is 0.147. The lowest BCUT2D eigenvalue weighted by molar-refractivity contribution is -0.385. The molecule has 1 unspecified atom stereocenters. The summed E-state index contributed by atoms with van der Waals surface area (Å²) in [7, 11) is 0. The van der Waals surface area contributed by atoms with Gasteiger partial charge in [0.1, 0.15) is 16.7 Å². The van der Waals surface area contributed by atoms with Crippen LogP contribution in [-0.4, -0.2) is 29.3 Å². The van der Waals surface area contributed by atoms with Crippen molar-refractivity contribution in [2.45, 2.75) is 29.9 Å². The lowest BCUT2D eigenvalue weighted by Gasteiger charge is -2.18. The van der Waals surface area contributed by atoms with Crippen LogP contribution in [0.1, 0.15) is 46.5 Å². The normalized spacial score (nSPS) is 11.6. The number of thioether (sulfide) groups is 1. The molecule has 0 heterocycles. The zero-order chi connectivity index (χ0) is 36.0. The summed E-state index contributed by atoms with van der Waals surface area (Å²) in [5.74, 6) is -0.697. The highest BCUT2D eigenvalue weighted by Crippen LogP contribution is 2.37. The van der Waals surface area contributed by atoms with Gasteiger partial charge in [-0.2, -0.15) is 0 Å². The number of ether oxygens (including phenoxy) is 1. The number of carbonyl (C=O) groups excluding carboxylic acids is 3. The summed E-state index contributed by atoms with van der Waals surface area (Å²) in [6.45, 7) is 2.74. The molecule has 1 atom stereocenters. The maximum Gasteiger partial charge on any atom is 0.276 e. The Balaban J connectivity index is 1.31. The van der Waals surface area contributed by atoms with Crippen LogP contribution in [0.15, 0.2) is 144 Å². The van der Waals surface area contributed by atoms with Crippen LogP contribution in [0.3, 0.4) is 0 Å². The highest BCUT2D eigenvalue weighted by atomic mass is 32.2. The zero-order valence-corrected chi connectivity index (χ0v) is 28.6. The van der Waals surface area contributed by atoms with Gasteiger partial charge in [-0.3, -0.25) is 24.5 Å². The maximum absolute atomic E-state index is 13.6. The molecule has 0 saturated heterocycles. The van der Waals surface area contributed by atoms with E-state index in [0.717, 1.165) is 29.1 Å². The first-order valence-electron chi connectivity index (χ1n) is 16.3. The Hall–Kier alpha value is -6.20. The van der Waals surface area contributed by atoms with Crippen molar-refractivity contribution in [3.8, 4) is 5.75 Å². The molecule has 5 aromatic carbocycles. The predicted octanol–water partition coefficient (Wildman–Crippen LogP) is 8.66. The second-order valence-electron chi connectivity index (χ2n) is 11.3. The van der Waals surface area contributed by atoms with Crippen LogP contribution in [0.2, 0.25) is 0 Å². The number of hydrogen-bond donors (Lipinski definition) is 3. The van der Waals surface area contributed by atoms with Crippen LogP contribution in [0, 0.1) is 10.1 Å². The summed E-state index contributed by atoms with van der Waals surface area (Å²) in [5, 5.41) is 19.4. The number of unbranched alkanes of at least 4 members (excludes halogenated alkanes) is 1. The number of para-hydroxylation sites is 1. The number of rotatable bonds is 15. The third-order valence-corrected chi connectivity index (χ3v) is 8.82. The molecule has 0 aliphatic heterocycles. The Morgan fingerprint density at radius 1 is 0.784 bits per heavy atom. The molecule has 0 aliphatic rings. The molecule has 5 aromatic rings. The molecule has 0 aromatic heterocycles. The molecule has 258 valence electrons. The summed E-state index contributed by atoms with van der Waals surface area (Å²) in [5.41, 5.74) is 1.93. The average molecular weight is 701 g/mol. The zero-order valence-electron chi connectivity index (χ0n) is 27.8. The fourth-order valence-corrected chi connectivity index (χ4v) is 5.93. The van der Waals surface area contributed by atoms with Crippen LogP contribution in [0.25, 0.3) is 6.08 Å². The third kappa shape index (κ3) is 10.4. The molecule has 3 N–H and O–H groups in total. The van der Waals surface area contributed by atoms with Gasteiger partial charge in [-0.05, 0) is 84.8 Å². The van der Waals surface area contributed by atoms with Gasteiger partial charge in [-0.25, -0.2) is 0 Å². The van der Waals surface area contributed by atoms with Gasteiger partial charge < -0.3 is 20.7 Å². The molecule has 11 heteroatoms. The monoisotopic (exact) mass is 700 g/mol. The highest BCUT2D eigenvalue weighted by molar-refractivity contribution is 8.00. The molecule has 0 spiro atoms. The van der Waals surface area contributed by atoms with Gasteiger partial charge in [0.05, 0.1) is 17.1 Å². The summed E-state index contributed by atoms with van der Waals surface area (Å²) < 4.78 is 5.73. The van der Waals surface area contributed by atoms with E-state index < -0.39 is 22.0 Å². The fourth-order valence-electron chi connectivity index (χ4n) is 4.90. The van der Waals surface area contributed by atoms with E-state index in [1.807, 2.05) is 54.6 Å². The first-order valence-corrected chi connectivity index (χ1v) is 17.2. The Bertz CT molecular complexity index is 1990. The van der Waals surface area contributed by atoms with E-state index in [0.29, 0.717) is 23.5 Å². The topological polar surface area (TPSA) is 140 Å². The molecule has 0 saturated carbocycles. The Morgan fingerprint density at radius 3 is 2.06 bits per heavy atom. The Labute approximate surface area is 300 Å². The van der Waals surface area contributed by atoms with Crippen LogP contribution in [0.5, 0.6) is 5.75 Å². The van der Waals surface area contributed by atoms with E-state index in [2.05, 4.69) is 22.9 Å². The lowest BCUT2D eigenvalue weighted by Crippen LogP contribution is -2.30. The molecule has 5 rings (SSSR count). The number of amides is 3. The van der Waals surface area contributed by atoms with E-state index in [-0.39, 0.29) is 22.9 Å². The first kappa shape index (κ1) is 36.1. The standard InChI is InChI=1S/C40H36N4O6S/c1-2-3-26-50-33-22-18-31(19-23-33)42-40(47)37(28-12-6-4-7-13-28)51-34-24-20-32(21-25-34)41-39(46)35(43-38(45)29-14-8-5-9-15-29)27-30-16-10-11-17-36(30)44(48)49/h4-25,27,37H,2-3,26H2,1H3,(H,41,46)(H,42,47)(H,43,45)/b35-27-. The summed E-state index contributed by atoms with van der Waals surface area (Å²) in [6.07, 6.45) is 3.28. The SMILES string of the molecule is CCCCOc1ccc(NC(=O)C(Sc2ccc(NC(=O)/C(=C/c3ccccc3[N+](=O)[O-])NC(=O)c3ccccc3)cc2)c2ccccc2)cc1. The molecule has 51 heavy (non-hydrogen) atoms. The number of nitro groups is 1. The van der Waals surface area contributed by atoms with E-state index in [4.69, 9.17) is 4.74 Å². The van der Waals surface area contributed by atoms with Crippen molar-refractivity contribution < 1.29 is 24.0 Å². The van der Waals surface area contributed by atoms with Gasteiger partial charge in [0.25, 0.3) is 17.5 Å². The average Bonchev–Trinajstić information content (AvgIpc) is 3.15. The number of benzene rings is 5. The van der Waals surface area contributed by atoms with E-state index in [1.54, 1.807) is 60.7 Å². The second kappa shape index (κ2) is 18.0. The van der Waals surface area contributed by atoms with Crippen LogP contribution < -0.4 is 20.7 Å². The first-order chi connectivity index (χ1) is 24.8. The molecular weight excluding hydrogens is 665 g/mol. The lowest BCUT2D eigenvalue weighted by atomic mass is 10.1. The van der Waals surface area contributed by atoms with Gasteiger partial charge >= 0.3 is 0 Å². The largest absolute Gasteiger partial charge is 0.494 e. The van der Waals surface area contributed by atoms with Gasteiger partial charge in [0, 0.05) is 27.9 Å². The molecule has 0 aliphatic carbocycles. The van der Waals surface area contributed by atoms with Crippen LogP contribution in [-0.2, 0) is 9.59 Å². The Kier molecular flexibility index (Phi) is 12.7. The summed E-state index contributed by atoms with van der Waals surface area (Å²) in [4.78, 5) is 52.0. The number of carbonyl (C=O) groups is 3. The minimum Gasteiger partial charge on any atom is -0.494 e. The third-order valence-electron chi connectivity index (χ3n) is 7.56. The van der Waals surface area contributed by atoms with Crippen molar-refractivity contribution in [3.63, 3.8) is 0 Å². The predicted molar refractivity (Wildman–Crippen MR) is 201 cm³/mol. The maximum atomic E-state index is 13.6. The summed E-state index contributed by atoms with van der Waals surface area (Å²) in [6, 6.07) is 37.9. The van der Waals surface area contributed by atoms with Crippen molar-refractivity contribution in [2.75, 3.05) is 17.2 Å². The molecule has 0 radical (unpaired) electrons. The van der Waals surface area contributed by atoms with E-state index in [1.165, 1.54) is 36.0 Å². The number of nitrogens with zero attached hydrogens (tertiary/aromatic N) is 1. The van der Waals surface area contributed by atoms with Crippen molar-refractivity contribution in [1.82, 2.24) is 5.32 Å². The number of nitro benzene ring substituents is 1. The number of nitrogens with one attached hydrogen (secondary N) is 3. The van der Waals surface area contributed by atoms with E-state index in [9.17, 15) is 24.5 Å². The van der Waals surface area contributed by atoms with Gasteiger partial charge in [-0.1, -0.05) is 74.0 Å².